The first-order valence-electron chi connectivity index (χ1n) is 8.83. The molecule has 0 unspecified atom stereocenters. The summed E-state index contributed by atoms with van der Waals surface area (Å²) in [7, 11) is 0. The number of thiophene rings is 1. The van der Waals surface area contributed by atoms with Crippen LogP contribution in [0.5, 0.6) is 0 Å². The molecule has 0 amide bonds. The molecule has 1 fully saturated rings. The van der Waals surface area contributed by atoms with Crippen molar-refractivity contribution in [1.82, 2.24) is 9.97 Å². The van der Waals surface area contributed by atoms with Crippen LogP contribution in [0.2, 0.25) is 0 Å². The Kier molecular flexibility index (Phi) is 4.48. The van der Waals surface area contributed by atoms with Crippen molar-refractivity contribution in [2.24, 2.45) is 5.92 Å². The summed E-state index contributed by atoms with van der Waals surface area (Å²) in [5, 5.41) is 4.74. The Morgan fingerprint density at radius 3 is 2.79 bits per heavy atom. The molecule has 0 radical (unpaired) electrons. The van der Waals surface area contributed by atoms with Crippen molar-refractivity contribution < 1.29 is 0 Å². The lowest BCUT2D eigenvalue weighted by atomic mass is 10.1. The number of aryl methyl sites for hydroxylation is 2. The fourth-order valence-corrected chi connectivity index (χ4v) is 3.93. The van der Waals surface area contributed by atoms with Gasteiger partial charge in [-0.05, 0) is 50.2 Å². The Bertz CT molecular complexity index is 822. The molecular weight excluding hydrogens is 314 g/mol. The van der Waals surface area contributed by atoms with Crippen LogP contribution in [0.25, 0.3) is 10.2 Å². The van der Waals surface area contributed by atoms with Gasteiger partial charge in [-0.3, -0.25) is 0 Å². The first kappa shape index (κ1) is 15.6. The third-order valence-corrected chi connectivity index (χ3v) is 5.45. The highest BCUT2D eigenvalue weighted by molar-refractivity contribution is 7.18. The van der Waals surface area contributed by atoms with Crippen LogP contribution in [0, 0.1) is 12.8 Å². The molecule has 124 valence electrons. The predicted octanol–water partition coefficient (Wildman–Crippen LogP) is 5.00. The van der Waals surface area contributed by atoms with Gasteiger partial charge in [-0.25, -0.2) is 9.97 Å². The van der Waals surface area contributed by atoms with E-state index in [1.165, 1.54) is 28.7 Å². The molecule has 0 atom stereocenters. The minimum atomic E-state index is 0.814. The average molecular weight is 337 g/mol. The standard InChI is InChI=1S/C20H23N3S/c1-14-12-17-19(21-11-5-8-15-6-3-2-4-7-15)22-18(13-16-9-10-16)23-20(17)24-14/h2-4,6-7,12,16H,5,8-11,13H2,1H3,(H,21,22,23). The van der Waals surface area contributed by atoms with E-state index >= 15 is 0 Å². The lowest BCUT2D eigenvalue weighted by molar-refractivity contribution is 0.775. The van der Waals surface area contributed by atoms with Gasteiger partial charge in [0.15, 0.2) is 0 Å². The van der Waals surface area contributed by atoms with Crippen molar-refractivity contribution in [2.45, 2.75) is 39.0 Å². The second-order valence-corrected chi connectivity index (χ2v) is 7.96. The van der Waals surface area contributed by atoms with Crippen LogP contribution in [0.4, 0.5) is 5.82 Å². The first-order valence-corrected chi connectivity index (χ1v) is 9.64. The molecule has 0 bridgehead atoms. The number of hydrogen-bond donors (Lipinski definition) is 1. The molecule has 4 rings (SSSR count). The molecule has 0 aliphatic heterocycles. The molecule has 1 aliphatic carbocycles. The van der Waals surface area contributed by atoms with Gasteiger partial charge in [0.1, 0.15) is 16.5 Å². The van der Waals surface area contributed by atoms with Gasteiger partial charge in [0, 0.05) is 17.8 Å². The van der Waals surface area contributed by atoms with E-state index < -0.39 is 0 Å². The number of rotatable bonds is 7. The summed E-state index contributed by atoms with van der Waals surface area (Å²) in [5.74, 6) is 2.85. The van der Waals surface area contributed by atoms with Gasteiger partial charge in [-0.15, -0.1) is 11.3 Å². The van der Waals surface area contributed by atoms with Gasteiger partial charge in [0.25, 0.3) is 0 Å². The van der Waals surface area contributed by atoms with Crippen LogP contribution in [0.1, 0.15) is 35.5 Å². The Morgan fingerprint density at radius 2 is 2.00 bits per heavy atom. The van der Waals surface area contributed by atoms with Crippen molar-refractivity contribution in [3.63, 3.8) is 0 Å². The molecule has 1 saturated carbocycles. The maximum atomic E-state index is 4.82. The van der Waals surface area contributed by atoms with Crippen LogP contribution in [-0.4, -0.2) is 16.5 Å². The Balaban J connectivity index is 1.45. The second-order valence-electron chi connectivity index (χ2n) is 6.73. The summed E-state index contributed by atoms with van der Waals surface area (Å²) in [6.07, 6.45) is 5.91. The molecule has 3 aromatic rings. The number of fused-ring (bicyclic) bond motifs is 1. The van der Waals surface area contributed by atoms with Crippen LogP contribution in [0.3, 0.4) is 0 Å². The average Bonchev–Trinajstić information content (AvgIpc) is 3.31. The summed E-state index contributed by atoms with van der Waals surface area (Å²) < 4.78 is 0. The second kappa shape index (κ2) is 6.89. The zero-order valence-corrected chi connectivity index (χ0v) is 14.9. The summed E-state index contributed by atoms with van der Waals surface area (Å²) in [6.45, 7) is 3.09. The largest absolute Gasteiger partial charge is 0.369 e. The summed E-state index contributed by atoms with van der Waals surface area (Å²) in [5.41, 5.74) is 1.40. The number of nitrogens with zero attached hydrogens (tertiary/aromatic N) is 2. The normalized spacial score (nSPS) is 14.2. The van der Waals surface area contributed by atoms with Crippen molar-refractivity contribution in [2.75, 3.05) is 11.9 Å². The highest BCUT2D eigenvalue weighted by Gasteiger charge is 2.23. The maximum Gasteiger partial charge on any atom is 0.138 e. The Hall–Kier alpha value is -1.94. The van der Waals surface area contributed by atoms with E-state index in [1.807, 2.05) is 0 Å². The number of hydrogen-bond acceptors (Lipinski definition) is 4. The lowest BCUT2D eigenvalue weighted by Gasteiger charge is -2.09. The number of aromatic nitrogens is 2. The van der Waals surface area contributed by atoms with Gasteiger partial charge in [-0.2, -0.15) is 0 Å². The lowest BCUT2D eigenvalue weighted by Crippen LogP contribution is -2.07. The van der Waals surface area contributed by atoms with E-state index in [-0.39, 0.29) is 0 Å². The predicted molar refractivity (Wildman–Crippen MR) is 102 cm³/mol. The third-order valence-electron chi connectivity index (χ3n) is 4.51. The Morgan fingerprint density at radius 1 is 1.17 bits per heavy atom. The smallest absolute Gasteiger partial charge is 0.138 e. The minimum absolute atomic E-state index is 0.814. The zero-order chi connectivity index (χ0) is 16.4. The molecule has 0 saturated heterocycles. The molecule has 2 aromatic heterocycles. The summed E-state index contributed by atoms with van der Waals surface area (Å²) in [4.78, 5) is 12.0. The number of anilines is 1. The SMILES string of the molecule is Cc1cc2c(NCCCc3ccccc3)nc(CC3CC3)nc2s1. The van der Waals surface area contributed by atoms with Crippen molar-refractivity contribution in [3.8, 4) is 0 Å². The fraction of sp³-hybridized carbons (Fsp3) is 0.400. The molecular formula is C20H23N3S. The van der Waals surface area contributed by atoms with Gasteiger partial charge in [0.05, 0.1) is 5.39 Å². The molecule has 2 heterocycles. The van der Waals surface area contributed by atoms with Crippen LogP contribution >= 0.6 is 11.3 Å². The summed E-state index contributed by atoms with van der Waals surface area (Å²) >= 11 is 1.77. The fourth-order valence-electron chi connectivity index (χ4n) is 3.04. The van der Waals surface area contributed by atoms with E-state index in [2.05, 4.69) is 48.6 Å². The van der Waals surface area contributed by atoms with Crippen molar-refractivity contribution >= 4 is 27.4 Å². The quantitative estimate of drug-likeness (QED) is 0.617. The topological polar surface area (TPSA) is 37.8 Å². The molecule has 0 spiro atoms. The van der Waals surface area contributed by atoms with Gasteiger partial charge >= 0.3 is 0 Å². The highest BCUT2D eigenvalue weighted by atomic mass is 32.1. The molecule has 24 heavy (non-hydrogen) atoms. The van der Waals surface area contributed by atoms with E-state index in [1.54, 1.807) is 11.3 Å². The molecule has 1 aliphatic rings. The number of benzene rings is 1. The third kappa shape index (κ3) is 3.75. The molecule has 1 aromatic carbocycles. The van der Waals surface area contributed by atoms with Crippen LogP contribution in [0.15, 0.2) is 36.4 Å². The summed E-state index contributed by atoms with van der Waals surface area (Å²) in [6, 6.07) is 12.9. The van der Waals surface area contributed by atoms with Crippen molar-refractivity contribution in [1.29, 1.82) is 0 Å². The van der Waals surface area contributed by atoms with Gasteiger partial charge in [-0.1, -0.05) is 30.3 Å². The van der Waals surface area contributed by atoms with E-state index in [9.17, 15) is 0 Å². The molecule has 3 nitrogen and oxygen atoms in total. The van der Waals surface area contributed by atoms with E-state index in [0.717, 1.165) is 48.2 Å². The molecule has 1 N–H and O–H groups in total. The van der Waals surface area contributed by atoms with Gasteiger partial charge in [0.2, 0.25) is 0 Å². The van der Waals surface area contributed by atoms with Crippen LogP contribution < -0.4 is 5.32 Å². The zero-order valence-electron chi connectivity index (χ0n) is 14.1. The monoisotopic (exact) mass is 337 g/mol. The maximum absolute atomic E-state index is 4.82. The van der Waals surface area contributed by atoms with Crippen molar-refractivity contribution in [3.05, 3.63) is 52.7 Å². The first-order chi connectivity index (χ1) is 11.8. The van der Waals surface area contributed by atoms with E-state index in [0.29, 0.717) is 0 Å². The number of nitrogens with one attached hydrogen (secondary N) is 1. The Labute approximate surface area is 147 Å². The highest BCUT2D eigenvalue weighted by Crippen LogP contribution is 2.34. The van der Waals surface area contributed by atoms with Crippen LogP contribution in [-0.2, 0) is 12.8 Å². The van der Waals surface area contributed by atoms with E-state index in [4.69, 9.17) is 9.97 Å². The minimum Gasteiger partial charge on any atom is -0.369 e. The van der Waals surface area contributed by atoms with Gasteiger partial charge < -0.3 is 5.32 Å². The molecule has 4 heteroatoms.